The van der Waals surface area contributed by atoms with Gasteiger partial charge in [0.05, 0.1) is 10.8 Å². The summed E-state index contributed by atoms with van der Waals surface area (Å²) in [5.74, 6) is 0.245. The van der Waals surface area contributed by atoms with Crippen LogP contribution in [0.5, 0.6) is 0 Å². The van der Waals surface area contributed by atoms with Gasteiger partial charge in [-0.25, -0.2) is 4.39 Å². The largest absolute Gasteiger partial charge is 0.314 e. The van der Waals surface area contributed by atoms with Gasteiger partial charge in [0.2, 0.25) is 0 Å². The number of nitrogens with one attached hydrogen (secondary N) is 1. The van der Waals surface area contributed by atoms with Gasteiger partial charge in [0.1, 0.15) is 5.82 Å². The van der Waals surface area contributed by atoms with E-state index in [2.05, 4.69) is 19.2 Å². The third kappa shape index (κ3) is 5.41. The molecule has 0 saturated carbocycles. The average molecular weight is 257 g/mol. The average Bonchev–Trinajstić information content (AvgIpc) is 2.33. The van der Waals surface area contributed by atoms with Crippen molar-refractivity contribution in [1.29, 1.82) is 0 Å². The second-order valence-corrected chi connectivity index (χ2v) is 5.72. The summed E-state index contributed by atoms with van der Waals surface area (Å²) >= 11 is 0. The molecule has 4 heteroatoms. The Morgan fingerprint density at radius 1 is 1.47 bits per heavy atom. The molecule has 0 aliphatic carbocycles. The Hall–Kier alpha value is -0.740. The standard InChI is InChI=1S/C13H20FNOS/c1-3-8-15-11(2)7-9-17(16)13-6-4-5-12(14)10-13/h4-6,10-11,15H,3,7-9H2,1-2H3. The van der Waals surface area contributed by atoms with Crippen LogP contribution in [0.15, 0.2) is 29.2 Å². The van der Waals surface area contributed by atoms with E-state index in [1.54, 1.807) is 12.1 Å². The zero-order valence-electron chi connectivity index (χ0n) is 10.4. The first kappa shape index (κ1) is 14.3. The van der Waals surface area contributed by atoms with Crippen molar-refractivity contribution in [3.63, 3.8) is 0 Å². The van der Waals surface area contributed by atoms with Gasteiger partial charge >= 0.3 is 0 Å². The molecule has 2 atom stereocenters. The van der Waals surface area contributed by atoms with Crippen LogP contribution in [0.3, 0.4) is 0 Å². The molecule has 0 spiro atoms. The van der Waals surface area contributed by atoms with Crippen molar-refractivity contribution in [2.45, 2.75) is 37.6 Å². The van der Waals surface area contributed by atoms with Crippen LogP contribution in [0, 0.1) is 5.82 Å². The van der Waals surface area contributed by atoms with E-state index in [1.165, 1.54) is 12.1 Å². The zero-order chi connectivity index (χ0) is 12.7. The van der Waals surface area contributed by atoms with Gasteiger partial charge in [-0.15, -0.1) is 0 Å². The Labute approximate surface area is 105 Å². The van der Waals surface area contributed by atoms with Gasteiger partial charge in [0.15, 0.2) is 0 Å². The second-order valence-electron chi connectivity index (χ2n) is 4.15. The van der Waals surface area contributed by atoms with Crippen molar-refractivity contribution in [3.8, 4) is 0 Å². The summed E-state index contributed by atoms with van der Waals surface area (Å²) in [6, 6.07) is 6.38. The maximum Gasteiger partial charge on any atom is 0.124 e. The van der Waals surface area contributed by atoms with Crippen molar-refractivity contribution in [2.75, 3.05) is 12.3 Å². The van der Waals surface area contributed by atoms with Crippen molar-refractivity contribution < 1.29 is 8.60 Å². The van der Waals surface area contributed by atoms with E-state index in [0.717, 1.165) is 19.4 Å². The first-order chi connectivity index (χ1) is 8.13. The molecule has 1 aromatic carbocycles. The summed E-state index contributed by atoms with van der Waals surface area (Å²) in [7, 11) is -1.10. The number of hydrogen-bond donors (Lipinski definition) is 1. The fourth-order valence-corrected chi connectivity index (χ4v) is 2.78. The third-order valence-electron chi connectivity index (χ3n) is 2.54. The minimum Gasteiger partial charge on any atom is -0.314 e. The maximum absolute atomic E-state index is 12.9. The Bertz CT molecular complexity index is 370. The van der Waals surface area contributed by atoms with Crippen LogP contribution in [0.2, 0.25) is 0 Å². The van der Waals surface area contributed by atoms with Crippen molar-refractivity contribution in [1.82, 2.24) is 5.32 Å². The molecule has 0 aromatic heterocycles. The van der Waals surface area contributed by atoms with Crippen LogP contribution in [-0.4, -0.2) is 22.5 Å². The minimum absolute atomic E-state index is 0.326. The monoisotopic (exact) mass is 257 g/mol. The number of hydrogen-bond acceptors (Lipinski definition) is 2. The van der Waals surface area contributed by atoms with Crippen LogP contribution < -0.4 is 5.32 Å². The summed E-state index contributed by atoms with van der Waals surface area (Å²) in [6.07, 6.45) is 1.93. The Morgan fingerprint density at radius 3 is 2.88 bits per heavy atom. The van der Waals surface area contributed by atoms with E-state index in [4.69, 9.17) is 0 Å². The number of rotatable bonds is 7. The Kier molecular flexibility index (Phi) is 6.37. The van der Waals surface area contributed by atoms with Gasteiger partial charge in [0.25, 0.3) is 0 Å². The van der Waals surface area contributed by atoms with Gasteiger partial charge < -0.3 is 5.32 Å². The van der Waals surface area contributed by atoms with Gasteiger partial charge in [-0.1, -0.05) is 13.0 Å². The lowest BCUT2D eigenvalue weighted by Gasteiger charge is -2.12. The molecule has 0 bridgehead atoms. The third-order valence-corrected chi connectivity index (χ3v) is 3.92. The molecule has 0 fully saturated rings. The molecule has 0 amide bonds. The quantitative estimate of drug-likeness (QED) is 0.813. The topological polar surface area (TPSA) is 29.1 Å². The Morgan fingerprint density at radius 2 is 2.24 bits per heavy atom. The lowest BCUT2D eigenvalue weighted by molar-refractivity contribution is 0.533. The fraction of sp³-hybridized carbons (Fsp3) is 0.538. The maximum atomic E-state index is 12.9. The normalized spacial score (nSPS) is 14.5. The molecule has 1 N–H and O–H groups in total. The lowest BCUT2D eigenvalue weighted by atomic mass is 10.2. The fourth-order valence-electron chi connectivity index (χ4n) is 1.50. The van der Waals surface area contributed by atoms with E-state index in [1.807, 2.05) is 0 Å². The molecule has 0 radical (unpaired) electrons. The Balaban J connectivity index is 2.39. The summed E-state index contributed by atoms with van der Waals surface area (Å²) in [5.41, 5.74) is 0. The molecular formula is C13H20FNOS. The van der Waals surface area contributed by atoms with Gasteiger partial charge in [-0.2, -0.15) is 0 Å². The predicted molar refractivity (Wildman–Crippen MR) is 70.0 cm³/mol. The van der Waals surface area contributed by atoms with Gasteiger partial charge in [-0.3, -0.25) is 4.21 Å². The van der Waals surface area contributed by atoms with Crippen LogP contribution in [0.1, 0.15) is 26.7 Å². The molecular weight excluding hydrogens is 237 g/mol. The molecule has 0 aliphatic rings. The van der Waals surface area contributed by atoms with E-state index in [9.17, 15) is 8.60 Å². The van der Waals surface area contributed by atoms with Crippen LogP contribution in [0.25, 0.3) is 0 Å². The van der Waals surface area contributed by atoms with Crippen molar-refractivity contribution >= 4 is 10.8 Å². The first-order valence-electron chi connectivity index (χ1n) is 6.00. The highest BCUT2D eigenvalue weighted by molar-refractivity contribution is 7.85. The smallest absolute Gasteiger partial charge is 0.124 e. The van der Waals surface area contributed by atoms with E-state index in [0.29, 0.717) is 16.7 Å². The summed E-state index contributed by atoms with van der Waals surface area (Å²) < 4.78 is 24.8. The van der Waals surface area contributed by atoms with Crippen LogP contribution in [-0.2, 0) is 10.8 Å². The van der Waals surface area contributed by atoms with Crippen LogP contribution in [0.4, 0.5) is 4.39 Å². The predicted octanol–water partition coefficient (Wildman–Crippen LogP) is 2.71. The van der Waals surface area contributed by atoms with Gasteiger partial charge in [-0.05, 0) is 44.5 Å². The first-order valence-corrected chi connectivity index (χ1v) is 7.32. The van der Waals surface area contributed by atoms with Crippen molar-refractivity contribution in [3.05, 3.63) is 30.1 Å². The number of benzene rings is 1. The molecule has 1 aromatic rings. The second kappa shape index (κ2) is 7.56. The molecule has 0 heterocycles. The van der Waals surface area contributed by atoms with E-state index >= 15 is 0 Å². The van der Waals surface area contributed by atoms with Crippen LogP contribution >= 0.6 is 0 Å². The zero-order valence-corrected chi connectivity index (χ0v) is 11.2. The summed E-state index contributed by atoms with van der Waals surface area (Å²) in [6.45, 7) is 5.18. The van der Waals surface area contributed by atoms with E-state index < -0.39 is 10.8 Å². The lowest BCUT2D eigenvalue weighted by Crippen LogP contribution is -2.28. The summed E-state index contributed by atoms with van der Waals surface area (Å²) in [5, 5.41) is 3.34. The molecule has 1 rings (SSSR count). The molecule has 2 unspecified atom stereocenters. The highest BCUT2D eigenvalue weighted by Gasteiger charge is 2.07. The molecule has 0 saturated heterocycles. The summed E-state index contributed by atoms with van der Waals surface area (Å²) in [4.78, 5) is 0.577. The minimum atomic E-state index is -1.10. The number of halogens is 1. The molecule has 2 nitrogen and oxygen atoms in total. The molecule has 96 valence electrons. The highest BCUT2D eigenvalue weighted by Crippen LogP contribution is 2.10. The highest BCUT2D eigenvalue weighted by atomic mass is 32.2. The van der Waals surface area contributed by atoms with Gasteiger partial charge in [0, 0.05) is 16.7 Å². The van der Waals surface area contributed by atoms with Crippen molar-refractivity contribution in [2.24, 2.45) is 0 Å². The van der Waals surface area contributed by atoms with E-state index in [-0.39, 0.29) is 5.82 Å². The molecule has 0 aliphatic heterocycles. The molecule has 17 heavy (non-hydrogen) atoms. The SMILES string of the molecule is CCCNC(C)CCS(=O)c1cccc(F)c1.